The monoisotopic (exact) mass is 261 g/mol. The summed E-state index contributed by atoms with van der Waals surface area (Å²) >= 11 is 0. The highest BCUT2D eigenvalue weighted by Crippen LogP contribution is 2.12. The van der Waals surface area contributed by atoms with Gasteiger partial charge >= 0.3 is 12.0 Å². The maximum atomic E-state index is 11.9. The number of benzene rings is 1. The largest absolute Gasteiger partial charge is 0.478 e. The summed E-state index contributed by atoms with van der Waals surface area (Å²) in [4.78, 5) is 22.9. The second kappa shape index (κ2) is 5.30. The molecule has 0 saturated heterocycles. The van der Waals surface area contributed by atoms with Crippen molar-refractivity contribution in [1.82, 2.24) is 10.2 Å². The van der Waals surface area contributed by atoms with E-state index in [0.717, 1.165) is 0 Å². The van der Waals surface area contributed by atoms with Gasteiger partial charge in [0.25, 0.3) is 5.91 Å². The molecule has 0 atom stereocenters. The number of hydrogen-bond donors (Lipinski definition) is 2. The molecule has 1 aromatic heterocycles. The van der Waals surface area contributed by atoms with Crippen LogP contribution in [-0.4, -0.2) is 27.2 Å². The molecular formula is C12H11N3O4. The lowest BCUT2D eigenvalue weighted by molar-refractivity contribution is 0.0692. The predicted molar refractivity (Wildman–Crippen MR) is 65.0 cm³/mol. The van der Waals surface area contributed by atoms with Crippen molar-refractivity contribution in [3.8, 4) is 0 Å². The summed E-state index contributed by atoms with van der Waals surface area (Å²) < 4.78 is 5.12. The van der Waals surface area contributed by atoms with E-state index < -0.39 is 11.9 Å². The number of carboxylic acid groups (broad SMARTS) is 1. The summed E-state index contributed by atoms with van der Waals surface area (Å²) in [6, 6.07) is 5.83. The lowest BCUT2D eigenvalue weighted by atomic mass is 10.1. The highest BCUT2D eigenvalue weighted by molar-refractivity contribution is 6.09. The first-order chi connectivity index (χ1) is 9.11. The summed E-state index contributed by atoms with van der Waals surface area (Å²) in [7, 11) is 0. The number of anilines is 1. The van der Waals surface area contributed by atoms with Crippen molar-refractivity contribution >= 4 is 17.9 Å². The SMILES string of the molecule is CCc1nnc(NC(=O)c2ccccc2C(=O)O)o1. The smallest absolute Gasteiger partial charge is 0.336 e. The Kier molecular flexibility index (Phi) is 3.56. The van der Waals surface area contributed by atoms with Crippen LogP contribution in [0.3, 0.4) is 0 Å². The second-order valence-electron chi connectivity index (χ2n) is 3.66. The van der Waals surface area contributed by atoms with Crippen LogP contribution in [0.5, 0.6) is 0 Å². The summed E-state index contributed by atoms with van der Waals surface area (Å²) in [5.41, 5.74) is -0.0542. The quantitative estimate of drug-likeness (QED) is 0.865. The van der Waals surface area contributed by atoms with Crippen LogP contribution in [0.2, 0.25) is 0 Å². The fourth-order valence-corrected chi connectivity index (χ4v) is 1.48. The van der Waals surface area contributed by atoms with Crippen molar-refractivity contribution < 1.29 is 19.1 Å². The van der Waals surface area contributed by atoms with Crippen molar-refractivity contribution in [2.75, 3.05) is 5.32 Å². The first-order valence-electron chi connectivity index (χ1n) is 5.58. The third-order valence-corrected chi connectivity index (χ3v) is 2.39. The van der Waals surface area contributed by atoms with Crippen LogP contribution in [0.15, 0.2) is 28.7 Å². The van der Waals surface area contributed by atoms with Gasteiger partial charge in [0.2, 0.25) is 5.89 Å². The molecule has 0 saturated carbocycles. The Hall–Kier alpha value is -2.70. The molecular weight excluding hydrogens is 250 g/mol. The van der Waals surface area contributed by atoms with Crippen LogP contribution in [0.4, 0.5) is 6.01 Å². The molecule has 0 aliphatic heterocycles. The third-order valence-electron chi connectivity index (χ3n) is 2.39. The molecule has 7 heteroatoms. The van der Waals surface area contributed by atoms with Gasteiger partial charge in [0.1, 0.15) is 0 Å². The van der Waals surface area contributed by atoms with Crippen molar-refractivity contribution in [3.63, 3.8) is 0 Å². The number of nitrogens with one attached hydrogen (secondary N) is 1. The Bertz CT molecular complexity index is 621. The maximum absolute atomic E-state index is 11.9. The first kappa shape index (κ1) is 12.7. The number of hydrogen-bond acceptors (Lipinski definition) is 5. The minimum absolute atomic E-state index is 0.0336. The molecule has 1 heterocycles. The molecule has 0 radical (unpaired) electrons. The zero-order valence-electron chi connectivity index (χ0n) is 10.1. The van der Waals surface area contributed by atoms with Crippen molar-refractivity contribution in [2.45, 2.75) is 13.3 Å². The number of aryl methyl sites for hydroxylation is 1. The molecule has 2 N–H and O–H groups in total. The summed E-state index contributed by atoms with van der Waals surface area (Å²) in [6.45, 7) is 1.83. The van der Waals surface area contributed by atoms with Gasteiger partial charge in [-0.15, -0.1) is 5.10 Å². The number of amides is 1. The van der Waals surface area contributed by atoms with Gasteiger partial charge < -0.3 is 9.52 Å². The number of rotatable bonds is 4. The Labute approximate surface area is 108 Å². The lowest BCUT2D eigenvalue weighted by Crippen LogP contribution is -2.16. The van der Waals surface area contributed by atoms with Crippen molar-refractivity contribution in [2.24, 2.45) is 0 Å². The molecule has 0 aliphatic carbocycles. The zero-order chi connectivity index (χ0) is 13.8. The molecule has 1 aromatic carbocycles. The van der Waals surface area contributed by atoms with Gasteiger partial charge in [0, 0.05) is 6.42 Å². The molecule has 1 amide bonds. The van der Waals surface area contributed by atoms with Gasteiger partial charge in [-0.3, -0.25) is 10.1 Å². The maximum Gasteiger partial charge on any atom is 0.336 e. The number of carbonyl (C=O) groups is 2. The van der Waals surface area contributed by atoms with E-state index in [1.165, 1.54) is 12.1 Å². The number of aromatic carboxylic acids is 1. The summed E-state index contributed by atoms with van der Waals surface area (Å²) in [6.07, 6.45) is 0.550. The average Bonchev–Trinajstić information content (AvgIpc) is 2.86. The number of nitrogens with zero attached hydrogens (tertiary/aromatic N) is 2. The number of carboxylic acids is 1. The van der Waals surface area contributed by atoms with Gasteiger partial charge in [-0.05, 0) is 12.1 Å². The summed E-state index contributed by atoms with van der Waals surface area (Å²) in [5.74, 6) is -1.39. The van der Waals surface area contributed by atoms with Gasteiger partial charge in [-0.25, -0.2) is 4.79 Å². The Balaban J connectivity index is 2.22. The fraction of sp³-hybridized carbons (Fsp3) is 0.167. The van der Waals surface area contributed by atoms with E-state index in [1.54, 1.807) is 12.1 Å². The van der Waals surface area contributed by atoms with Crippen molar-refractivity contribution in [1.29, 1.82) is 0 Å². The van der Waals surface area contributed by atoms with E-state index in [2.05, 4.69) is 15.5 Å². The van der Waals surface area contributed by atoms with E-state index in [9.17, 15) is 9.59 Å². The van der Waals surface area contributed by atoms with Crippen LogP contribution in [-0.2, 0) is 6.42 Å². The average molecular weight is 261 g/mol. The second-order valence-corrected chi connectivity index (χ2v) is 3.66. The minimum Gasteiger partial charge on any atom is -0.478 e. The van der Waals surface area contributed by atoms with Gasteiger partial charge in [0.15, 0.2) is 0 Å². The highest BCUT2D eigenvalue weighted by Gasteiger charge is 2.17. The normalized spacial score (nSPS) is 10.2. The molecule has 0 unspecified atom stereocenters. The summed E-state index contributed by atoms with van der Waals surface area (Å²) in [5, 5.41) is 18.7. The van der Waals surface area contributed by atoms with Crippen molar-refractivity contribution in [3.05, 3.63) is 41.3 Å². The fourth-order valence-electron chi connectivity index (χ4n) is 1.48. The van der Waals surface area contributed by atoms with Gasteiger partial charge in [0.05, 0.1) is 11.1 Å². The Morgan fingerprint density at radius 2 is 1.95 bits per heavy atom. The molecule has 0 aliphatic rings. The van der Waals surface area contributed by atoms with Crippen LogP contribution in [0.1, 0.15) is 33.5 Å². The molecule has 0 bridgehead atoms. The van der Waals surface area contributed by atoms with Crippen LogP contribution in [0, 0.1) is 0 Å². The van der Waals surface area contributed by atoms with E-state index in [0.29, 0.717) is 12.3 Å². The van der Waals surface area contributed by atoms with E-state index in [-0.39, 0.29) is 17.1 Å². The minimum atomic E-state index is -1.18. The van der Waals surface area contributed by atoms with E-state index >= 15 is 0 Å². The van der Waals surface area contributed by atoms with E-state index in [1.807, 2.05) is 6.92 Å². The first-order valence-corrected chi connectivity index (χ1v) is 5.58. The van der Waals surface area contributed by atoms with Crippen LogP contribution < -0.4 is 5.32 Å². The van der Waals surface area contributed by atoms with Crippen LogP contribution in [0.25, 0.3) is 0 Å². The van der Waals surface area contributed by atoms with Gasteiger partial charge in [-0.2, -0.15) is 0 Å². The highest BCUT2D eigenvalue weighted by atomic mass is 16.4. The molecule has 0 spiro atoms. The third kappa shape index (κ3) is 2.76. The molecule has 98 valence electrons. The molecule has 0 fully saturated rings. The number of carbonyl (C=O) groups excluding carboxylic acids is 1. The zero-order valence-corrected chi connectivity index (χ0v) is 10.1. The Morgan fingerprint density at radius 1 is 1.26 bits per heavy atom. The molecule has 2 rings (SSSR count). The Morgan fingerprint density at radius 3 is 2.53 bits per heavy atom. The predicted octanol–water partition coefficient (Wildman–Crippen LogP) is 1.58. The molecule has 2 aromatic rings. The van der Waals surface area contributed by atoms with Gasteiger partial charge in [-0.1, -0.05) is 24.2 Å². The topological polar surface area (TPSA) is 105 Å². The molecule has 19 heavy (non-hydrogen) atoms. The van der Waals surface area contributed by atoms with E-state index in [4.69, 9.17) is 9.52 Å². The molecule has 7 nitrogen and oxygen atoms in total. The van der Waals surface area contributed by atoms with Crippen LogP contribution >= 0.6 is 0 Å². The number of aromatic nitrogens is 2. The lowest BCUT2D eigenvalue weighted by Gasteiger charge is -2.04. The standard InChI is InChI=1S/C12H11N3O4/c1-2-9-14-15-12(19-9)13-10(16)7-5-3-4-6-8(7)11(17)18/h3-6H,2H2,1H3,(H,17,18)(H,13,15,16).